The normalized spacial score (nSPS) is 24.2. The van der Waals surface area contributed by atoms with Crippen LogP contribution in [0.5, 0.6) is 5.88 Å². The van der Waals surface area contributed by atoms with Gasteiger partial charge in [-0.1, -0.05) is 30.3 Å². The number of halogens is 3. The minimum Gasteiger partial charge on any atom is -0.446 e. The first-order valence-corrected chi connectivity index (χ1v) is 12.2. The molecule has 194 valence electrons. The van der Waals surface area contributed by atoms with Gasteiger partial charge in [0.05, 0.1) is 12.4 Å². The number of nitrogens with zero attached hydrogens (tertiary/aromatic N) is 5. The van der Waals surface area contributed by atoms with Crippen LogP contribution in [0, 0.1) is 5.41 Å². The second kappa shape index (κ2) is 9.42. The highest BCUT2D eigenvalue weighted by molar-refractivity contribution is 5.69. The van der Waals surface area contributed by atoms with Gasteiger partial charge in [-0.25, -0.2) is 14.8 Å². The zero-order valence-corrected chi connectivity index (χ0v) is 20.3. The van der Waals surface area contributed by atoms with Crippen molar-refractivity contribution in [2.75, 3.05) is 31.1 Å². The van der Waals surface area contributed by atoms with E-state index in [0.717, 1.165) is 38.7 Å². The Balaban J connectivity index is 1.08. The minimum absolute atomic E-state index is 0.0519. The Morgan fingerprint density at radius 2 is 1.78 bits per heavy atom. The standard InChI is InChI=1S/C25H30F3N5O3/c1-17-13-33(18(2)12-32(17)21-10-30-22(11-29-21)36-25(26,27)28)23(34)35-20-8-24(9-20)15-31(16-24)14-19-6-4-3-5-7-19/h3-7,10-11,17-18,20H,8-9,12-16H2,1-2H3/t17-,18-/m1/s1. The zero-order valence-electron chi connectivity index (χ0n) is 20.3. The summed E-state index contributed by atoms with van der Waals surface area (Å²) in [6.45, 7) is 7.77. The monoisotopic (exact) mass is 505 g/mol. The summed E-state index contributed by atoms with van der Waals surface area (Å²) in [4.78, 5) is 26.8. The molecule has 8 nitrogen and oxygen atoms in total. The highest BCUT2D eigenvalue weighted by Crippen LogP contribution is 2.50. The second-order valence-electron chi connectivity index (χ2n) is 10.3. The molecule has 3 heterocycles. The van der Waals surface area contributed by atoms with Gasteiger partial charge < -0.3 is 19.3 Å². The Morgan fingerprint density at radius 3 is 2.42 bits per heavy atom. The SMILES string of the molecule is C[C@@H]1CN(c2cnc(OC(F)(F)F)cn2)[C@H](C)CN1C(=O)OC1CC2(C1)CN(Cc1ccccc1)C2. The summed E-state index contributed by atoms with van der Waals surface area (Å²) in [5, 5.41) is 0. The lowest BCUT2D eigenvalue weighted by atomic mass is 9.61. The summed E-state index contributed by atoms with van der Waals surface area (Å²) in [6.07, 6.45) is -1.17. The lowest BCUT2D eigenvalue weighted by Gasteiger charge is -2.58. The van der Waals surface area contributed by atoms with Crippen molar-refractivity contribution in [1.82, 2.24) is 19.8 Å². The van der Waals surface area contributed by atoms with Crippen LogP contribution in [0.4, 0.5) is 23.8 Å². The number of amides is 1. The van der Waals surface area contributed by atoms with Gasteiger partial charge in [0, 0.05) is 50.2 Å². The van der Waals surface area contributed by atoms with E-state index in [0.29, 0.717) is 18.9 Å². The largest absolute Gasteiger partial charge is 0.574 e. The van der Waals surface area contributed by atoms with Gasteiger partial charge in [0.2, 0.25) is 5.88 Å². The Kier molecular flexibility index (Phi) is 6.44. The number of hydrogen-bond acceptors (Lipinski definition) is 7. The molecule has 1 amide bonds. The molecule has 11 heteroatoms. The van der Waals surface area contributed by atoms with Crippen LogP contribution in [0.25, 0.3) is 0 Å². The maximum Gasteiger partial charge on any atom is 0.574 e. The van der Waals surface area contributed by atoms with Gasteiger partial charge in [0.25, 0.3) is 0 Å². The number of alkyl halides is 3. The van der Waals surface area contributed by atoms with Gasteiger partial charge in [-0.15, -0.1) is 13.2 Å². The van der Waals surface area contributed by atoms with E-state index in [1.54, 1.807) is 4.90 Å². The Bertz CT molecular complexity index is 1050. The Morgan fingerprint density at radius 1 is 1.06 bits per heavy atom. The lowest BCUT2D eigenvalue weighted by Crippen LogP contribution is -2.64. The smallest absolute Gasteiger partial charge is 0.446 e. The van der Waals surface area contributed by atoms with Gasteiger partial charge in [-0.2, -0.15) is 0 Å². The number of likely N-dealkylation sites (tertiary alicyclic amines) is 1. The van der Waals surface area contributed by atoms with Gasteiger partial charge in [0.15, 0.2) is 0 Å². The summed E-state index contributed by atoms with van der Waals surface area (Å²) < 4.78 is 46.7. The number of hydrogen-bond donors (Lipinski definition) is 0. The molecule has 1 aromatic carbocycles. The van der Waals surface area contributed by atoms with Crippen molar-refractivity contribution >= 4 is 11.9 Å². The van der Waals surface area contributed by atoms with E-state index in [2.05, 4.69) is 43.9 Å². The summed E-state index contributed by atoms with van der Waals surface area (Å²) >= 11 is 0. The third-order valence-corrected chi connectivity index (χ3v) is 7.31. The second-order valence-corrected chi connectivity index (χ2v) is 10.3. The highest BCUT2D eigenvalue weighted by Gasteiger charge is 2.54. The number of benzene rings is 1. The maximum atomic E-state index is 12.9. The van der Waals surface area contributed by atoms with Crippen LogP contribution >= 0.6 is 0 Å². The topological polar surface area (TPSA) is 71.0 Å². The molecule has 3 fully saturated rings. The molecule has 2 aromatic rings. The van der Waals surface area contributed by atoms with Crippen LogP contribution in [0.3, 0.4) is 0 Å². The minimum atomic E-state index is -4.82. The predicted octanol–water partition coefficient (Wildman–Crippen LogP) is 4.08. The average Bonchev–Trinajstić information content (AvgIpc) is 2.77. The van der Waals surface area contributed by atoms with E-state index in [9.17, 15) is 18.0 Å². The first-order chi connectivity index (χ1) is 17.1. The number of piperazine rings is 1. The number of carbonyl (C=O) groups excluding carboxylic acids is 1. The fourth-order valence-corrected chi connectivity index (χ4v) is 5.64. The average molecular weight is 506 g/mol. The summed E-state index contributed by atoms with van der Waals surface area (Å²) in [7, 11) is 0. The lowest BCUT2D eigenvalue weighted by molar-refractivity contribution is -0.276. The summed E-state index contributed by atoms with van der Waals surface area (Å²) in [5.41, 5.74) is 1.59. The fraction of sp³-hybridized carbons (Fsp3) is 0.560. The van der Waals surface area contributed by atoms with E-state index >= 15 is 0 Å². The van der Waals surface area contributed by atoms with Crippen LogP contribution in [0.1, 0.15) is 32.3 Å². The van der Waals surface area contributed by atoms with E-state index in [4.69, 9.17) is 4.74 Å². The third kappa shape index (κ3) is 5.35. The summed E-state index contributed by atoms with van der Waals surface area (Å²) in [5.74, 6) is -0.176. The maximum absolute atomic E-state index is 12.9. The molecule has 2 aliphatic heterocycles. The van der Waals surface area contributed by atoms with E-state index in [1.165, 1.54) is 11.8 Å². The van der Waals surface area contributed by atoms with Gasteiger partial charge in [0.1, 0.15) is 11.9 Å². The molecule has 3 aliphatic rings. The molecule has 0 N–H and O–H groups in total. The van der Waals surface area contributed by atoms with Crippen LogP contribution in [0.2, 0.25) is 0 Å². The number of carbonyl (C=O) groups is 1. The van der Waals surface area contributed by atoms with Crippen molar-refractivity contribution in [2.45, 2.75) is 57.8 Å². The molecule has 0 bridgehead atoms. The molecule has 2 atom stereocenters. The summed E-state index contributed by atoms with van der Waals surface area (Å²) in [6, 6.07) is 10.2. The Hall–Kier alpha value is -3.08. The molecule has 1 aromatic heterocycles. The fourth-order valence-electron chi connectivity index (χ4n) is 5.64. The number of aromatic nitrogens is 2. The molecular weight excluding hydrogens is 475 g/mol. The number of anilines is 1. The van der Waals surface area contributed by atoms with Gasteiger partial charge in [-0.3, -0.25) is 4.90 Å². The zero-order chi connectivity index (χ0) is 25.5. The van der Waals surface area contributed by atoms with Crippen molar-refractivity contribution in [3.05, 3.63) is 48.3 Å². The third-order valence-electron chi connectivity index (χ3n) is 7.31. The van der Waals surface area contributed by atoms with Gasteiger partial charge in [-0.05, 0) is 32.3 Å². The van der Waals surface area contributed by atoms with Crippen molar-refractivity contribution in [3.8, 4) is 5.88 Å². The predicted molar refractivity (Wildman–Crippen MR) is 125 cm³/mol. The van der Waals surface area contributed by atoms with Crippen molar-refractivity contribution in [3.63, 3.8) is 0 Å². The molecule has 36 heavy (non-hydrogen) atoms. The van der Waals surface area contributed by atoms with Crippen LogP contribution in [-0.4, -0.2) is 76.6 Å². The van der Waals surface area contributed by atoms with Crippen molar-refractivity contribution in [1.29, 1.82) is 0 Å². The highest BCUT2D eigenvalue weighted by atomic mass is 19.4. The quantitative estimate of drug-likeness (QED) is 0.607. The molecule has 0 radical (unpaired) electrons. The molecule has 1 saturated carbocycles. The van der Waals surface area contributed by atoms with Crippen molar-refractivity contribution < 1.29 is 27.4 Å². The Labute approximate surface area is 208 Å². The molecular formula is C25H30F3N5O3. The molecule has 0 unspecified atom stereocenters. The number of ether oxygens (including phenoxy) is 2. The molecule has 1 aliphatic carbocycles. The van der Waals surface area contributed by atoms with E-state index in [-0.39, 0.29) is 29.7 Å². The molecule has 5 rings (SSSR count). The van der Waals surface area contributed by atoms with Gasteiger partial charge >= 0.3 is 12.5 Å². The van der Waals surface area contributed by atoms with E-state index < -0.39 is 12.2 Å². The van der Waals surface area contributed by atoms with Crippen LogP contribution < -0.4 is 9.64 Å². The molecule has 1 spiro atoms. The van der Waals surface area contributed by atoms with Crippen molar-refractivity contribution in [2.24, 2.45) is 5.41 Å². The number of rotatable bonds is 5. The van der Waals surface area contributed by atoms with Crippen LogP contribution in [0.15, 0.2) is 42.7 Å². The first-order valence-electron chi connectivity index (χ1n) is 12.2. The van der Waals surface area contributed by atoms with E-state index in [1.807, 2.05) is 24.8 Å². The first kappa shape index (κ1) is 24.6. The van der Waals surface area contributed by atoms with Crippen LogP contribution in [-0.2, 0) is 11.3 Å². The molecule has 2 saturated heterocycles.